The number of aromatic nitrogens is 2. The van der Waals surface area contributed by atoms with Crippen LogP contribution in [0.4, 0.5) is 5.69 Å². The molecule has 172 valence electrons. The van der Waals surface area contributed by atoms with Gasteiger partial charge in [0.25, 0.3) is 0 Å². The number of esters is 2. The topological polar surface area (TPSA) is 94.0 Å². The van der Waals surface area contributed by atoms with Crippen molar-refractivity contribution in [3.8, 4) is 0 Å². The molecule has 8 heteroatoms. The highest BCUT2D eigenvalue weighted by molar-refractivity contribution is 6.09. The van der Waals surface area contributed by atoms with Gasteiger partial charge in [0.05, 0.1) is 34.5 Å². The Balaban J connectivity index is 1.66. The monoisotopic (exact) mass is 448 g/mol. The highest BCUT2D eigenvalue weighted by Crippen LogP contribution is 2.29. The highest BCUT2D eigenvalue weighted by Gasteiger charge is 2.34. The Morgan fingerprint density at radius 3 is 2.33 bits per heavy atom. The molecule has 1 aliphatic heterocycles. The molecule has 0 aliphatic carbocycles. The molecular weight excluding hydrogens is 420 g/mol. The van der Waals surface area contributed by atoms with Crippen LogP contribution in [0, 0.1) is 20.8 Å². The zero-order valence-corrected chi connectivity index (χ0v) is 19.7. The van der Waals surface area contributed by atoms with Crippen molar-refractivity contribution >= 4 is 23.3 Å². The van der Waals surface area contributed by atoms with Gasteiger partial charge < -0.3 is 14.4 Å². The molecule has 1 unspecified atom stereocenters. The van der Waals surface area contributed by atoms with E-state index in [0.29, 0.717) is 17.1 Å². The van der Waals surface area contributed by atoms with E-state index in [9.17, 15) is 9.59 Å². The second kappa shape index (κ2) is 10.2. The summed E-state index contributed by atoms with van der Waals surface area (Å²) in [5.74, 6) is -1.20. The summed E-state index contributed by atoms with van der Waals surface area (Å²) in [5.41, 5.74) is 6.02. The van der Waals surface area contributed by atoms with Crippen molar-refractivity contribution in [2.75, 3.05) is 4.90 Å². The number of hydrogen-bond donors (Lipinski definition) is 0. The van der Waals surface area contributed by atoms with Crippen LogP contribution in [0.15, 0.2) is 59.1 Å². The lowest BCUT2D eigenvalue weighted by molar-refractivity contribution is -0.139. The molecule has 0 N–H and O–H groups in total. The van der Waals surface area contributed by atoms with E-state index < -0.39 is 18.0 Å². The quantitative estimate of drug-likeness (QED) is 0.373. The fraction of sp³-hybridized carbons (Fsp3) is 0.320. The fourth-order valence-corrected chi connectivity index (χ4v) is 3.48. The number of para-hydroxylation sites is 1. The van der Waals surface area contributed by atoms with Crippen LogP contribution in [0.25, 0.3) is 0 Å². The van der Waals surface area contributed by atoms with E-state index in [0.717, 1.165) is 40.8 Å². The Labute approximate surface area is 193 Å². The maximum atomic E-state index is 12.9. The first-order valence-corrected chi connectivity index (χ1v) is 10.6. The molecule has 1 aromatic heterocycles. The third-order valence-electron chi connectivity index (χ3n) is 5.46. The molecule has 2 aromatic rings. The third-order valence-corrected chi connectivity index (χ3v) is 5.46. The lowest BCUT2D eigenvalue weighted by atomic mass is 10.1. The van der Waals surface area contributed by atoms with Crippen molar-refractivity contribution < 1.29 is 19.1 Å². The van der Waals surface area contributed by atoms with Crippen LogP contribution in [0.2, 0.25) is 0 Å². The summed E-state index contributed by atoms with van der Waals surface area (Å²) in [6, 6.07) is 8.80. The molecular formula is C25H28N4O4. The van der Waals surface area contributed by atoms with E-state index in [-0.39, 0.29) is 6.61 Å². The predicted octanol–water partition coefficient (Wildman–Crippen LogP) is 4.10. The van der Waals surface area contributed by atoms with Crippen molar-refractivity contribution in [1.82, 2.24) is 9.97 Å². The van der Waals surface area contributed by atoms with Crippen molar-refractivity contribution in [2.24, 2.45) is 4.99 Å². The minimum atomic E-state index is -0.745. The van der Waals surface area contributed by atoms with Crippen LogP contribution in [0.5, 0.6) is 0 Å². The standard InChI is InChI=1S/C25H28N4O4/c1-15-16(2)28-22(18(4)26-15)14-33-23(30)12-13-32-25(31)24-19(5)27-17(3)20(6)29(24)21-10-8-7-9-11-21/h7-13,24H,14H2,1-6H3/b13-12+. The molecule has 1 aliphatic rings. The summed E-state index contributed by atoms with van der Waals surface area (Å²) in [4.78, 5) is 40.2. The molecule has 0 fully saturated rings. The van der Waals surface area contributed by atoms with Crippen LogP contribution in [0.3, 0.4) is 0 Å². The molecule has 0 amide bonds. The average molecular weight is 449 g/mol. The number of nitrogens with zero attached hydrogens (tertiary/aromatic N) is 4. The van der Waals surface area contributed by atoms with Crippen LogP contribution < -0.4 is 4.90 Å². The van der Waals surface area contributed by atoms with Gasteiger partial charge >= 0.3 is 11.9 Å². The van der Waals surface area contributed by atoms with Crippen LogP contribution in [-0.4, -0.2) is 33.7 Å². The van der Waals surface area contributed by atoms with Gasteiger partial charge in [0.2, 0.25) is 0 Å². The van der Waals surface area contributed by atoms with E-state index in [2.05, 4.69) is 15.0 Å². The number of aliphatic imine (C=N–C) groups is 1. The number of benzene rings is 1. The number of ether oxygens (including phenoxy) is 2. The molecule has 33 heavy (non-hydrogen) atoms. The molecule has 0 saturated heterocycles. The van der Waals surface area contributed by atoms with Gasteiger partial charge in [-0.05, 0) is 53.7 Å². The number of anilines is 1. The Bertz CT molecular complexity index is 1150. The smallest absolute Gasteiger partial charge is 0.339 e. The SMILES string of the molecule is CC1=NC(C)=C(C)N(c2ccccc2)C1C(=O)O/C=C/C(=O)OCc1nc(C)c(C)nc1C. The molecule has 2 heterocycles. The summed E-state index contributed by atoms with van der Waals surface area (Å²) in [7, 11) is 0. The Hall–Kier alpha value is -3.81. The molecule has 1 aromatic carbocycles. The molecule has 0 saturated carbocycles. The first-order chi connectivity index (χ1) is 15.7. The first-order valence-electron chi connectivity index (χ1n) is 10.6. The molecule has 0 radical (unpaired) electrons. The van der Waals surface area contributed by atoms with Crippen LogP contribution >= 0.6 is 0 Å². The fourth-order valence-electron chi connectivity index (χ4n) is 3.48. The van der Waals surface area contributed by atoms with E-state index >= 15 is 0 Å². The lowest BCUT2D eigenvalue weighted by Gasteiger charge is -2.35. The lowest BCUT2D eigenvalue weighted by Crippen LogP contribution is -2.48. The van der Waals surface area contributed by atoms with Gasteiger partial charge in [-0.3, -0.25) is 15.0 Å². The second-order valence-electron chi connectivity index (χ2n) is 7.81. The summed E-state index contributed by atoms with van der Waals surface area (Å²) < 4.78 is 10.5. The normalized spacial score (nSPS) is 16.1. The predicted molar refractivity (Wildman–Crippen MR) is 125 cm³/mol. The largest absolute Gasteiger partial charge is 0.456 e. The molecule has 8 nitrogen and oxygen atoms in total. The van der Waals surface area contributed by atoms with E-state index in [1.807, 2.05) is 69.9 Å². The summed E-state index contributed by atoms with van der Waals surface area (Å²) >= 11 is 0. The average Bonchev–Trinajstić information content (AvgIpc) is 2.78. The van der Waals surface area contributed by atoms with Gasteiger partial charge in [-0.1, -0.05) is 18.2 Å². The highest BCUT2D eigenvalue weighted by atomic mass is 16.5. The van der Waals surface area contributed by atoms with Gasteiger partial charge in [-0.15, -0.1) is 0 Å². The van der Waals surface area contributed by atoms with Crippen LogP contribution in [0.1, 0.15) is 43.5 Å². The molecule has 0 bridgehead atoms. The van der Waals surface area contributed by atoms with Gasteiger partial charge in [0.15, 0.2) is 6.04 Å². The number of rotatable bonds is 6. The third kappa shape index (κ3) is 5.52. The van der Waals surface area contributed by atoms with E-state index in [1.54, 1.807) is 6.92 Å². The van der Waals surface area contributed by atoms with Crippen molar-refractivity contribution in [1.29, 1.82) is 0 Å². The number of carbonyl (C=O) groups excluding carboxylic acids is 2. The first kappa shape index (κ1) is 23.8. The number of aryl methyl sites for hydroxylation is 3. The van der Waals surface area contributed by atoms with E-state index in [1.165, 1.54) is 0 Å². The Morgan fingerprint density at radius 2 is 1.64 bits per heavy atom. The van der Waals surface area contributed by atoms with Crippen LogP contribution in [-0.2, 0) is 25.7 Å². The Kier molecular flexibility index (Phi) is 7.37. The second-order valence-corrected chi connectivity index (χ2v) is 7.81. The zero-order valence-electron chi connectivity index (χ0n) is 19.7. The maximum Gasteiger partial charge on any atom is 0.339 e. The minimum Gasteiger partial charge on any atom is -0.456 e. The van der Waals surface area contributed by atoms with Gasteiger partial charge in [-0.25, -0.2) is 9.59 Å². The van der Waals surface area contributed by atoms with Crippen molar-refractivity contribution in [3.63, 3.8) is 0 Å². The molecule has 0 spiro atoms. The minimum absolute atomic E-state index is 0.0173. The van der Waals surface area contributed by atoms with Gasteiger partial charge in [0, 0.05) is 17.1 Å². The van der Waals surface area contributed by atoms with Gasteiger partial charge in [-0.2, -0.15) is 0 Å². The zero-order chi connectivity index (χ0) is 24.1. The summed E-state index contributed by atoms with van der Waals surface area (Å²) in [6.45, 7) is 11.1. The number of allylic oxidation sites excluding steroid dienone is 2. The summed E-state index contributed by atoms with van der Waals surface area (Å²) in [5, 5.41) is 0. The maximum absolute atomic E-state index is 12.9. The van der Waals surface area contributed by atoms with Crippen molar-refractivity contribution in [2.45, 2.75) is 54.2 Å². The Morgan fingerprint density at radius 1 is 0.970 bits per heavy atom. The number of hydrogen-bond acceptors (Lipinski definition) is 8. The molecule has 3 rings (SSSR count). The van der Waals surface area contributed by atoms with Gasteiger partial charge in [0.1, 0.15) is 12.9 Å². The summed E-state index contributed by atoms with van der Waals surface area (Å²) in [6.07, 6.45) is 2.11. The van der Waals surface area contributed by atoms with Crippen molar-refractivity contribution in [3.05, 3.63) is 76.8 Å². The number of carbonyl (C=O) groups is 2. The van der Waals surface area contributed by atoms with E-state index in [4.69, 9.17) is 9.47 Å². The molecule has 1 atom stereocenters.